The molecule has 4 nitrogen and oxygen atoms in total. The average molecular weight is 288 g/mol. The fourth-order valence-electron chi connectivity index (χ4n) is 1.36. The lowest BCUT2D eigenvalue weighted by atomic mass is 10.3. The summed E-state index contributed by atoms with van der Waals surface area (Å²) in [5.74, 6) is -1.65. The number of carboxylic acid groups (broad SMARTS) is 1. The van der Waals surface area contributed by atoms with E-state index in [9.17, 15) is 18.0 Å². The maximum absolute atomic E-state index is 12.6. The third-order valence-corrected chi connectivity index (χ3v) is 3.07. The first-order chi connectivity index (χ1) is 8.88. The van der Waals surface area contributed by atoms with Gasteiger partial charge in [0.2, 0.25) is 0 Å². The number of halogens is 3. The van der Waals surface area contributed by atoms with Crippen LogP contribution in [0.5, 0.6) is 0 Å². The molecule has 8 heteroatoms. The van der Waals surface area contributed by atoms with E-state index in [2.05, 4.69) is 10.3 Å². The molecule has 19 heavy (non-hydrogen) atoms. The molecule has 0 spiro atoms. The molecule has 2 N–H and O–H groups in total. The van der Waals surface area contributed by atoms with Crippen LogP contribution in [0.3, 0.4) is 0 Å². The smallest absolute Gasteiger partial charge is 0.435 e. The highest BCUT2D eigenvalue weighted by Gasteiger charge is 2.39. The van der Waals surface area contributed by atoms with Crippen LogP contribution in [0.4, 0.5) is 24.0 Å². The molecular weight excluding hydrogens is 281 g/mol. The number of benzene rings is 1. The number of hydrogen-bond donors (Lipinski definition) is 2. The Bertz CT molecular complexity index is 596. The first-order valence-corrected chi connectivity index (χ1v) is 5.83. The summed E-state index contributed by atoms with van der Waals surface area (Å²) < 4.78 is 37.8. The minimum absolute atomic E-state index is 0.115. The van der Waals surface area contributed by atoms with E-state index in [4.69, 9.17) is 5.11 Å². The molecule has 100 valence electrons. The number of nitrogens with one attached hydrogen (secondary N) is 1. The highest BCUT2D eigenvalue weighted by Crippen LogP contribution is 2.36. The van der Waals surface area contributed by atoms with Gasteiger partial charge in [-0.2, -0.15) is 13.2 Å². The molecule has 2 rings (SSSR count). The van der Waals surface area contributed by atoms with Crippen molar-refractivity contribution in [1.82, 2.24) is 4.98 Å². The molecule has 0 saturated carbocycles. The first kappa shape index (κ1) is 13.3. The van der Waals surface area contributed by atoms with Crippen LogP contribution in [0.1, 0.15) is 15.4 Å². The first-order valence-electron chi connectivity index (χ1n) is 5.01. The molecule has 0 aliphatic carbocycles. The van der Waals surface area contributed by atoms with Gasteiger partial charge in [-0.15, -0.1) is 0 Å². The molecule has 0 fully saturated rings. The molecule has 0 atom stereocenters. The van der Waals surface area contributed by atoms with Crippen molar-refractivity contribution in [3.8, 4) is 0 Å². The summed E-state index contributed by atoms with van der Waals surface area (Å²) in [7, 11) is 0. The summed E-state index contributed by atoms with van der Waals surface area (Å²) >= 11 is 0.448. The average Bonchev–Trinajstić information content (AvgIpc) is 2.74. The Morgan fingerprint density at radius 1 is 1.26 bits per heavy atom. The quantitative estimate of drug-likeness (QED) is 0.905. The molecule has 0 radical (unpaired) electrons. The second-order valence-electron chi connectivity index (χ2n) is 3.49. The van der Waals surface area contributed by atoms with E-state index in [0.29, 0.717) is 17.0 Å². The summed E-state index contributed by atoms with van der Waals surface area (Å²) in [5.41, 5.74) is -0.856. The maximum Gasteiger partial charge on any atom is 0.435 e. The number of thiazole rings is 1. The zero-order valence-corrected chi connectivity index (χ0v) is 10.0. The summed E-state index contributed by atoms with van der Waals surface area (Å²) in [6.45, 7) is 0. The van der Waals surface area contributed by atoms with Crippen LogP contribution >= 0.6 is 11.3 Å². The standard InChI is InChI=1S/C11H7F3N2O2S/c12-11(13,14)8-7(9(17)18)19-10(16-8)15-6-4-2-1-3-5-6/h1-5H,(H,15,16)(H,17,18). The van der Waals surface area contributed by atoms with Crippen molar-refractivity contribution in [2.75, 3.05) is 5.32 Å². The normalized spacial score (nSPS) is 11.3. The SMILES string of the molecule is O=C(O)c1sc(Nc2ccccc2)nc1C(F)(F)F. The lowest BCUT2D eigenvalue weighted by Crippen LogP contribution is -2.11. The van der Waals surface area contributed by atoms with Gasteiger partial charge in [0.15, 0.2) is 10.8 Å². The minimum Gasteiger partial charge on any atom is -0.477 e. The van der Waals surface area contributed by atoms with Crippen LogP contribution in [0, 0.1) is 0 Å². The second-order valence-corrected chi connectivity index (χ2v) is 4.49. The molecule has 0 bridgehead atoms. The lowest BCUT2D eigenvalue weighted by Gasteiger charge is -2.03. The summed E-state index contributed by atoms with van der Waals surface area (Å²) in [5, 5.41) is 11.3. The summed E-state index contributed by atoms with van der Waals surface area (Å²) in [6, 6.07) is 8.40. The Balaban J connectivity index is 2.36. The zero-order chi connectivity index (χ0) is 14.0. The second kappa shape index (κ2) is 4.88. The third kappa shape index (κ3) is 3.02. The van der Waals surface area contributed by atoms with E-state index in [1.807, 2.05) is 0 Å². The number of para-hydroxylation sites is 1. The highest BCUT2D eigenvalue weighted by atomic mass is 32.1. The Labute approximate surface area is 109 Å². The fraction of sp³-hybridized carbons (Fsp3) is 0.0909. The molecule has 1 heterocycles. The van der Waals surface area contributed by atoms with Gasteiger partial charge in [-0.25, -0.2) is 9.78 Å². The van der Waals surface area contributed by atoms with Gasteiger partial charge in [-0.05, 0) is 12.1 Å². The highest BCUT2D eigenvalue weighted by molar-refractivity contribution is 7.17. The predicted molar refractivity (Wildman–Crippen MR) is 63.8 cm³/mol. The van der Waals surface area contributed by atoms with Crippen molar-refractivity contribution in [3.05, 3.63) is 40.9 Å². The monoisotopic (exact) mass is 288 g/mol. The number of rotatable bonds is 3. The molecule has 2 aromatic rings. The summed E-state index contributed by atoms with van der Waals surface area (Å²) in [6.07, 6.45) is -4.79. The number of aromatic carboxylic acids is 1. The Hall–Kier alpha value is -2.09. The number of anilines is 2. The van der Waals surface area contributed by atoms with Crippen LogP contribution in [0.2, 0.25) is 0 Å². The van der Waals surface area contributed by atoms with Crippen molar-refractivity contribution >= 4 is 28.1 Å². The molecule has 0 saturated heterocycles. The van der Waals surface area contributed by atoms with E-state index < -0.39 is 22.7 Å². The number of hydrogen-bond acceptors (Lipinski definition) is 4. The van der Waals surface area contributed by atoms with Gasteiger partial charge in [0.05, 0.1) is 0 Å². The number of alkyl halides is 3. The molecule has 1 aromatic carbocycles. The van der Waals surface area contributed by atoms with Crippen molar-refractivity contribution in [2.45, 2.75) is 6.18 Å². The molecule has 0 aliphatic rings. The van der Waals surface area contributed by atoms with Crippen molar-refractivity contribution in [1.29, 1.82) is 0 Å². The third-order valence-electron chi connectivity index (χ3n) is 2.11. The van der Waals surface area contributed by atoms with Crippen molar-refractivity contribution < 1.29 is 23.1 Å². The van der Waals surface area contributed by atoms with Crippen LogP contribution < -0.4 is 5.32 Å². The maximum atomic E-state index is 12.6. The van der Waals surface area contributed by atoms with Gasteiger partial charge < -0.3 is 10.4 Å². The van der Waals surface area contributed by atoms with E-state index >= 15 is 0 Å². The van der Waals surface area contributed by atoms with Crippen molar-refractivity contribution in [3.63, 3.8) is 0 Å². The van der Waals surface area contributed by atoms with E-state index in [0.717, 1.165) is 0 Å². The Morgan fingerprint density at radius 2 is 1.89 bits per heavy atom. The molecular formula is C11H7F3N2O2S. The van der Waals surface area contributed by atoms with E-state index in [1.54, 1.807) is 30.3 Å². The van der Waals surface area contributed by atoms with Crippen molar-refractivity contribution in [2.24, 2.45) is 0 Å². The largest absolute Gasteiger partial charge is 0.477 e. The van der Waals surface area contributed by atoms with Crippen LogP contribution in [0.25, 0.3) is 0 Å². The number of carbonyl (C=O) groups is 1. The number of carboxylic acids is 1. The number of nitrogens with zero attached hydrogens (tertiary/aromatic N) is 1. The van der Waals surface area contributed by atoms with Crippen LogP contribution in [-0.4, -0.2) is 16.1 Å². The Kier molecular flexibility index (Phi) is 3.43. The fourth-order valence-corrected chi connectivity index (χ4v) is 2.20. The molecule has 0 amide bonds. The van der Waals surface area contributed by atoms with Crippen LogP contribution in [0.15, 0.2) is 30.3 Å². The van der Waals surface area contributed by atoms with Gasteiger partial charge in [0, 0.05) is 5.69 Å². The minimum atomic E-state index is -4.79. The molecule has 1 aromatic heterocycles. The van der Waals surface area contributed by atoms with Gasteiger partial charge >= 0.3 is 12.1 Å². The zero-order valence-electron chi connectivity index (χ0n) is 9.23. The van der Waals surface area contributed by atoms with E-state index in [-0.39, 0.29) is 5.13 Å². The van der Waals surface area contributed by atoms with E-state index in [1.165, 1.54) is 0 Å². The molecule has 0 unspecified atom stereocenters. The van der Waals surface area contributed by atoms with Gasteiger partial charge in [-0.1, -0.05) is 29.5 Å². The van der Waals surface area contributed by atoms with Gasteiger partial charge in [-0.3, -0.25) is 0 Å². The van der Waals surface area contributed by atoms with Gasteiger partial charge in [0.1, 0.15) is 4.88 Å². The molecule has 0 aliphatic heterocycles. The lowest BCUT2D eigenvalue weighted by molar-refractivity contribution is -0.141. The van der Waals surface area contributed by atoms with Crippen LogP contribution in [-0.2, 0) is 6.18 Å². The van der Waals surface area contributed by atoms with Gasteiger partial charge in [0.25, 0.3) is 0 Å². The Morgan fingerprint density at radius 3 is 2.37 bits per heavy atom. The predicted octanol–water partition coefficient (Wildman–Crippen LogP) is 3.60. The topological polar surface area (TPSA) is 62.2 Å². The number of aromatic nitrogens is 1. The summed E-state index contributed by atoms with van der Waals surface area (Å²) in [4.78, 5) is 13.2.